The maximum absolute atomic E-state index is 2.45. The Morgan fingerprint density at radius 2 is 0.701 bits per heavy atom. The molecular formula is C75H50N2. The van der Waals surface area contributed by atoms with Gasteiger partial charge in [-0.25, -0.2) is 0 Å². The second-order valence-corrected chi connectivity index (χ2v) is 20.3. The van der Waals surface area contributed by atoms with Gasteiger partial charge in [-0.1, -0.05) is 237 Å². The van der Waals surface area contributed by atoms with Crippen LogP contribution in [0.4, 0.5) is 17.1 Å². The fraction of sp³-hybridized carbons (Fsp3) is 0.0133. The van der Waals surface area contributed by atoms with E-state index in [2.05, 4.69) is 313 Å². The van der Waals surface area contributed by atoms with Crippen molar-refractivity contribution < 1.29 is 0 Å². The van der Waals surface area contributed by atoms with Crippen molar-refractivity contribution in [3.63, 3.8) is 0 Å². The lowest BCUT2D eigenvalue weighted by atomic mass is 9.67. The predicted molar refractivity (Wildman–Crippen MR) is 324 cm³/mol. The van der Waals surface area contributed by atoms with Gasteiger partial charge in [0, 0.05) is 33.5 Å². The summed E-state index contributed by atoms with van der Waals surface area (Å²) >= 11 is 0. The Balaban J connectivity index is 0.810. The molecule has 1 aliphatic carbocycles. The summed E-state index contributed by atoms with van der Waals surface area (Å²) in [6, 6.07) is 112. The molecule has 13 aromatic carbocycles. The molecule has 0 fully saturated rings. The zero-order valence-electron chi connectivity index (χ0n) is 42.3. The maximum atomic E-state index is 2.45. The topological polar surface area (TPSA) is 8.17 Å². The molecule has 1 aromatic heterocycles. The summed E-state index contributed by atoms with van der Waals surface area (Å²) in [5.41, 5.74) is 21.3. The second-order valence-electron chi connectivity index (χ2n) is 20.3. The number of aromatic nitrogens is 1. The highest BCUT2D eigenvalue weighted by molar-refractivity contribution is 6.21. The van der Waals surface area contributed by atoms with Crippen LogP contribution in [0.3, 0.4) is 0 Å². The van der Waals surface area contributed by atoms with E-state index in [0.717, 1.165) is 22.7 Å². The third-order valence-electron chi connectivity index (χ3n) is 16.3. The minimum absolute atomic E-state index is 0.498. The van der Waals surface area contributed by atoms with Crippen LogP contribution in [0.25, 0.3) is 93.5 Å². The summed E-state index contributed by atoms with van der Waals surface area (Å²) in [5, 5.41) is 7.49. The monoisotopic (exact) mass is 978 g/mol. The van der Waals surface area contributed by atoms with Crippen molar-refractivity contribution in [2.45, 2.75) is 5.41 Å². The molecular weight excluding hydrogens is 929 g/mol. The first-order valence-corrected chi connectivity index (χ1v) is 26.7. The molecule has 0 unspecified atom stereocenters. The highest BCUT2D eigenvalue weighted by atomic mass is 15.1. The Morgan fingerprint density at radius 1 is 0.260 bits per heavy atom. The van der Waals surface area contributed by atoms with Gasteiger partial charge in [0.15, 0.2) is 0 Å². The number of rotatable bonds is 9. The first kappa shape index (κ1) is 44.5. The highest BCUT2D eigenvalue weighted by Gasteiger charge is 2.46. The van der Waals surface area contributed by atoms with Crippen LogP contribution in [0.2, 0.25) is 0 Å². The second kappa shape index (κ2) is 18.1. The summed E-state index contributed by atoms with van der Waals surface area (Å²) < 4.78 is 2.42. The van der Waals surface area contributed by atoms with Crippen LogP contribution in [0.5, 0.6) is 0 Å². The Hall–Kier alpha value is -10.0. The molecule has 77 heavy (non-hydrogen) atoms. The van der Waals surface area contributed by atoms with E-state index in [9.17, 15) is 0 Å². The van der Waals surface area contributed by atoms with Gasteiger partial charge in [0.25, 0.3) is 0 Å². The molecule has 0 bridgehead atoms. The molecule has 0 atom stereocenters. The Kier molecular flexibility index (Phi) is 10.5. The molecule has 0 aliphatic heterocycles. The van der Waals surface area contributed by atoms with Gasteiger partial charge < -0.3 is 9.47 Å². The molecule has 1 aliphatic rings. The van der Waals surface area contributed by atoms with Crippen molar-refractivity contribution in [3.8, 4) is 50.2 Å². The third-order valence-corrected chi connectivity index (χ3v) is 16.3. The predicted octanol–water partition coefficient (Wildman–Crippen LogP) is 19.9. The zero-order valence-corrected chi connectivity index (χ0v) is 42.3. The van der Waals surface area contributed by atoms with Crippen molar-refractivity contribution in [2.24, 2.45) is 0 Å². The average Bonchev–Trinajstić information content (AvgIpc) is 4.18. The summed E-state index contributed by atoms with van der Waals surface area (Å²) in [6.45, 7) is 0. The van der Waals surface area contributed by atoms with Gasteiger partial charge in [0.2, 0.25) is 0 Å². The standard InChI is InChI=1S/C75H50N2/c1-5-21-52(22-6-1)73-64-31-13-15-33-66(64)74(67-34-16-14-32-65(67)73)53-39-44-59(45-40-53)77-71-36-20-18-30-63(71)68-49-54(41-48-72(68)77)51-37-42-58(43-38-51)76(57-27-11-4-12-28-57)60-46-47-62-61-29-17-19-35-69(61)75(70(62)50-60,55-23-7-2-8-24-55)56-25-9-3-10-26-56/h1-50H. The summed E-state index contributed by atoms with van der Waals surface area (Å²) in [7, 11) is 0. The first-order chi connectivity index (χ1) is 38.2. The van der Waals surface area contributed by atoms with E-state index >= 15 is 0 Å². The van der Waals surface area contributed by atoms with Gasteiger partial charge in [0.1, 0.15) is 0 Å². The molecule has 0 N–H and O–H groups in total. The Labute approximate surface area is 448 Å². The molecule has 0 spiro atoms. The molecule has 2 nitrogen and oxygen atoms in total. The summed E-state index contributed by atoms with van der Waals surface area (Å²) in [6.07, 6.45) is 0. The van der Waals surface area contributed by atoms with Crippen LogP contribution in [-0.4, -0.2) is 4.57 Å². The van der Waals surface area contributed by atoms with Gasteiger partial charge in [-0.3, -0.25) is 0 Å². The number of benzene rings is 13. The van der Waals surface area contributed by atoms with Crippen LogP contribution in [0, 0.1) is 0 Å². The van der Waals surface area contributed by atoms with Crippen LogP contribution >= 0.6 is 0 Å². The van der Waals surface area contributed by atoms with E-state index in [-0.39, 0.29) is 0 Å². The highest BCUT2D eigenvalue weighted by Crippen LogP contribution is 2.57. The van der Waals surface area contributed by atoms with E-state index in [0.29, 0.717) is 0 Å². The Morgan fingerprint density at radius 3 is 1.32 bits per heavy atom. The van der Waals surface area contributed by atoms with Crippen LogP contribution < -0.4 is 4.90 Å². The number of anilines is 3. The molecule has 0 radical (unpaired) electrons. The molecule has 360 valence electrons. The lowest BCUT2D eigenvalue weighted by molar-refractivity contribution is 0.768. The van der Waals surface area contributed by atoms with E-state index in [1.54, 1.807) is 0 Å². The fourth-order valence-corrected chi connectivity index (χ4v) is 13.0. The van der Waals surface area contributed by atoms with Crippen molar-refractivity contribution >= 4 is 60.4 Å². The van der Waals surface area contributed by atoms with E-state index in [4.69, 9.17) is 0 Å². The van der Waals surface area contributed by atoms with Crippen LogP contribution in [-0.2, 0) is 5.41 Å². The first-order valence-electron chi connectivity index (χ1n) is 26.7. The van der Waals surface area contributed by atoms with Crippen molar-refractivity contribution in [2.75, 3.05) is 4.90 Å². The summed E-state index contributed by atoms with van der Waals surface area (Å²) in [5.74, 6) is 0. The SMILES string of the molecule is c1ccc(-c2c3ccccc3c(-c3ccc(-n4c5ccccc5c5cc(-c6ccc(N(c7ccccc7)c7ccc8c(c7)C(c7ccccc7)(c7ccccc7)c7ccccc7-8)cc6)ccc54)cc3)c3ccccc23)cc1. The van der Waals surface area contributed by atoms with Gasteiger partial charge >= 0.3 is 0 Å². The van der Waals surface area contributed by atoms with E-state index in [1.807, 2.05) is 0 Å². The normalized spacial score (nSPS) is 12.5. The molecule has 0 saturated heterocycles. The smallest absolute Gasteiger partial charge is 0.0714 e. The van der Waals surface area contributed by atoms with E-state index < -0.39 is 5.41 Å². The van der Waals surface area contributed by atoms with Crippen molar-refractivity contribution in [1.82, 2.24) is 4.57 Å². The largest absolute Gasteiger partial charge is 0.310 e. The molecule has 2 heteroatoms. The zero-order chi connectivity index (χ0) is 50.9. The number of nitrogens with zero attached hydrogens (tertiary/aromatic N) is 2. The lowest BCUT2D eigenvalue weighted by Gasteiger charge is -2.35. The third kappa shape index (κ3) is 7.03. The quantitative estimate of drug-likeness (QED) is 0.131. The lowest BCUT2D eigenvalue weighted by Crippen LogP contribution is -2.28. The van der Waals surface area contributed by atoms with Crippen molar-refractivity contribution in [3.05, 3.63) is 326 Å². The number of para-hydroxylation sites is 2. The maximum Gasteiger partial charge on any atom is 0.0714 e. The average molecular weight is 979 g/mol. The molecule has 1 heterocycles. The van der Waals surface area contributed by atoms with Gasteiger partial charge in [0.05, 0.1) is 16.4 Å². The summed E-state index contributed by atoms with van der Waals surface area (Å²) in [4.78, 5) is 2.40. The van der Waals surface area contributed by atoms with Gasteiger partial charge in [-0.05, 0) is 155 Å². The number of hydrogen-bond acceptors (Lipinski definition) is 1. The molecule has 15 rings (SSSR count). The molecule has 14 aromatic rings. The van der Waals surface area contributed by atoms with E-state index in [1.165, 1.54) is 110 Å². The minimum atomic E-state index is -0.498. The van der Waals surface area contributed by atoms with Crippen molar-refractivity contribution in [1.29, 1.82) is 0 Å². The number of fused-ring (bicyclic) bond motifs is 8. The Bertz CT molecular complexity index is 4420. The van der Waals surface area contributed by atoms with Gasteiger partial charge in [-0.2, -0.15) is 0 Å². The van der Waals surface area contributed by atoms with Gasteiger partial charge in [-0.15, -0.1) is 0 Å². The van der Waals surface area contributed by atoms with Crippen LogP contribution in [0.1, 0.15) is 22.3 Å². The minimum Gasteiger partial charge on any atom is -0.310 e. The number of hydrogen-bond donors (Lipinski definition) is 0. The van der Waals surface area contributed by atoms with Crippen LogP contribution in [0.15, 0.2) is 303 Å². The molecule has 0 amide bonds. The molecule has 0 saturated carbocycles. The fourth-order valence-electron chi connectivity index (χ4n) is 13.0.